The average molecular weight is 261 g/mol. The summed E-state index contributed by atoms with van der Waals surface area (Å²) in [5, 5.41) is 3.82. The lowest BCUT2D eigenvalue weighted by atomic mass is 9.73. The molecule has 0 spiro atoms. The zero-order valence-corrected chi connectivity index (χ0v) is 12.7. The van der Waals surface area contributed by atoms with Crippen LogP contribution in [0.1, 0.15) is 58.1 Å². The average Bonchev–Trinajstić information content (AvgIpc) is 2.41. The lowest BCUT2D eigenvalue weighted by Crippen LogP contribution is -2.45. The smallest absolute Gasteiger partial charge is 0.119 e. The van der Waals surface area contributed by atoms with Crippen molar-refractivity contribution in [3.8, 4) is 5.75 Å². The van der Waals surface area contributed by atoms with Crippen molar-refractivity contribution in [1.82, 2.24) is 5.32 Å². The maximum atomic E-state index is 5.31. The topological polar surface area (TPSA) is 21.3 Å². The molecule has 106 valence electrons. The fourth-order valence-electron chi connectivity index (χ4n) is 3.11. The predicted octanol–water partition coefficient (Wildman–Crippen LogP) is 4.31. The molecular weight excluding hydrogens is 234 g/mol. The molecule has 0 amide bonds. The van der Waals surface area contributed by atoms with Crippen molar-refractivity contribution in [1.29, 1.82) is 0 Å². The normalized spacial score (nSPS) is 23.9. The molecule has 2 rings (SSSR count). The molecule has 1 aliphatic carbocycles. The molecule has 2 heteroatoms. The summed E-state index contributed by atoms with van der Waals surface area (Å²) in [6.45, 7) is 7.03. The van der Waals surface area contributed by atoms with Crippen LogP contribution in [0.15, 0.2) is 24.3 Å². The lowest BCUT2D eigenvalue weighted by Gasteiger charge is -2.41. The summed E-state index contributed by atoms with van der Waals surface area (Å²) in [6.07, 6.45) is 5.35. The zero-order chi connectivity index (χ0) is 13.9. The van der Waals surface area contributed by atoms with Gasteiger partial charge in [-0.15, -0.1) is 0 Å². The van der Waals surface area contributed by atoms with Crippen molar-refractivity contribution in [2.24, 2.45) is 5.41 Å². The number of rotatable bonds is 4. The van der Waals surface area contributed by atoms with Crippen molar-refractivity contribution in [2.45, 2.75) is 58.5 Å². The van der Waals surface area contributed by atoms with Crippen LogP contribution >= 0.6 is 0 Å². The van der Waals surface area contributed by atoms with Gasteiger partial charge in [-0.05, 0) is 42.9 Å². The molecule has 1 saturated carbocycles. The van der Waals surface area contributed by atoms with Gasteiger partial charge in [0.1, 0.15) is 5.75 Å². The minimum absolute atomic E-state index is 0.373. The highest BCUT2D eigenvalue weighted by atomic mass is 16.5. The number of methoxy groups -OCH3 is 1. The Balaban J connectivity index is 2.05. The molecule has 19 heavy (non-hydrogen) atoms. The third-order valence-corrected chi connectivity index (χ3v) is 4.55. The van der Waals surface area contributed by atoms with Gasteiger partial charge in [0.15, 0.2) is 0 Å². The minimum Gasteiger partial charge on any atom is -0.497 e. The van der Waals surface area contributed by atoms with Crippen LogP contribution in [-0.4, -0.2) is 13.2 Å². The molecule has 0 radical (unpaired) electrons. The molecule has 2 unspecified atom stereocenters. The van der Waals surface area contributed by atoms with E-state index in [4.69, 9.17) is 4.74 Å². The number of nitrogens with one attached hydrogen (secondary N) is 1. The van der Waals surface area contributed by atoms with Crippen molar-refractivity contribution in [3.63, 3.8) is 0 Å². The van der Waals surface area contributed by atoms with Gasteiger partial charge in [-0.2, -0.15) is 0 Å². The van der Waals surface area contributed by atoms with Gasteiger partial charge in [-0.3, -0.25) is 0 Å². The zero-order valence-electron chi connectivity index (χ0n) is 12.7. The summed E-state index contributed by atoms with van der Waals surface area (Å²) in [5.41, 5.74) is 1.71. The fourth-order valence-corrected chi connectivity index (χ4v) is 3.11. The number of hydrogen-bond acceptors (Lipinski definition) is 2. The summed E-state index contributed by atoms with van der Waals surface area (Å²) in [5.74, 6) is 0.939. The fraction of sp³-hybridized carbons (Fsp3) is 0.647. The molecule has 0 aromatic heterocycles. The number of benzene rings is 1. The Labute approximate surface area is 117 Å². The van der Waals surface area contributed by atoms with Crippen LogP contribution < -0.4 is 10.1 Å². The molecule has 0 saturated heterocycles. The SMILES string of the molecule is COc1cccc(C(C)NC2CCCCC2(C)C)c1. The summed E-state index contributed by atoms with van der Waals surface area (Å²) < 4.78 is 5.31. The van der Waals surface area contributed by atoms with Gasteiger partial charge in [-0.1, -0.05) is 38.8 Å². The van der Waals surface area contributed by atoms with E-state index in [-0.39, 0.29) is 0 Å². The van der Waals surface area contributed by atoms with Crippen molar-refractivity contribution in [3.05, 3.63) is 29.8 Å². The monoisotopic (exact) mass is 261 g/mol. The Bertz CT molecular complexity index is 413. The molecule has 1 aromatic carbocycles. The van der Waals surface area contributed by atoms with E-state index in [1.54, 1.807) is 7.11 Å². The number of hydrogen-bond donors (Lipinski definition) is 1. The van der Waals surface area contributed by atoms with E-state index in [9.17, 15) is 0 Å². The van der Waals surface area contributed by atoms with Crippen molar-refractivity contribution >= 4 is 0 Å². The second-order valence-electron chi connectivity index (χ2n) is 6.45. The molecule has 1 N–H and O–H groups in total. The first-order valence-corrected chi connectivity index (χ1v) is 7.43. The van der Waals surface area contributed by atoms with E-state index in [0.717, 1.165) is 5.75 Å². The van der Waals surface area contributed by atoms with Crippen molar-refractivity contribution in [2.75, 3.05) is 7.11 Å². The first kappa shape index (κ1) is 14.4. The van der Waals surface area contributed by atoms with Gasteiger partial charge >= 0.3 is 0 Å². The molecule has 2 atom stereocenters. The molecular formula is C17H27NO. The molecule has 0 heterocycles. The van der Waals surface area contributed by atoms with Gasteiger partial charge in [-0.25, -0.2) is 0 Å². The van der Waals surface area contributed by atoms with E-state index in [2.05, 4.69) is 44.3 Å². The van der Waals surface area contributed by atoms with Gasteiger partial charge in [0.25, 0.3) is 0 Å². The highest BCUT2D eigenvalue weighted by molar-refractivity contribution is 5.30. The van der Waals surface area contributed by atoms with Crippen LogP contribution in [-0.2, 0) is 0 Å². The second kappa shape index (κ2) is 5.96. The maximum absolute atomic E-state index is 5.31. The number of ether oxygens (including phenoxy) is 1. The lowest BCUT2D eigenvalue weighted by molar-refractivity contribution is 0.157. The molecule has 0 bridgehead atoms. The van der Waals surface area contributed by atoms with Crippen LogP contribution in [0.2, 0.25) is 0 Å². The quantitative estimate of drug-likeness (QED) is 0.871. The Kier molecular flexibility index (Phi) is 4.51. The third-order valence-electron chi connectivity index (χ3n) is 4.55. The molecule has 2 nitrogen and oxygen atoms in total. The van der Waals surface area contributed by atoms with Crippen LogP contribution in [0.3, 0.4) is 0 Å². The standard InChI is InChI=1S/C17H27NO/c1-13(14-8-7-9-15(12-14)19-4)18-16-10-5-6-11-17(16,2)3/h7-9,12-13,16,18H,5-6,10-11H2,1-4H3. The molecule has 1 aliphatic rings. The van der Waals surface area contributed by atoms with Gasteiger partial charge < -0.3 is 10.1 Å². The summed E-state index contributed by atoms with van der Waals surface area (Å²) >= 11 is 0. The predicted molar refractivity (Wildman–Crippen MR) is 80.6 cm³/mol. The maximum Gasteiger partial charge on any atom is 0.119 e. The van der Waals surface area contributed by atoms with Gasteiger partial charge in [0.05, 0.1) is 7.11 Å². The first-order valence-electron chi connectivity index (χ1n) is 7.43. The Morgan fingerprint density at radius 2 is 2.11 bits per heavy atom. The summed E-state index contributed by atoms with van der Waals surface area (Å²) in [6, 6.07) is 9.36. The first-order chi connectivity index (χ1) is 9.03. The third kappa shape index (κ3) is 3.50. The highest BCUT2D eigenvalue weighted by Crippen LogP contribution is 2.36. The van der Waals surface area contributed by atoms with E-state index >= 15 is 0 Å². The summed E-state index contributed by atoms with van der Waals surface area (Å²) in [7, 11) is 1.72. The second-order valence-corrected chi connectivity index (χ2v) is 6.45. The van der Waals surface area contributed by atoms with E-state index in [1.807, 2.05) is 6.07 Å². The largest absolute Gasteiger partial charge is 0.497 e. The Hall–Kier alpha value is -1.02. The highest BCUT2D eigenvalue weighted by Gasteiger charge is 2.32. The van der Waals surface area contributed by atoms with Gasteiger partial charge in [0.2, 0.25) is 0 Å². The Morgan fingerprint density at radius 1 is 1.32 bits per heavy atom. The van der Waals surface area contributed by atoms with E-state index < -0.39 is 0 Å². The van der Waals surface area contributed by atoms with Gasteiger partial charge in [0, 0.05) is 12.1 Å². The Morgan fingerprint density at radius 3 is 2.79 bits per heavy atom. The van der Waals surface area contributed by atoms with Crippen molar-refractivity contribution < 1.29 is 4.74 Å². The minimum atomic E-state index is 0.373. The van der Waals surface area contributed by atoms with Crippen LogP contribution in [0.5, 0.6) is 5.75 Å². The summed E-state index contributed by atoms with van der Waals surface area (Å²) in [4.78, 5) is 0. The molecule has 1 aromatic rings. The molecule has 0 aliphatic heterocycles. The van der Waals surface area contributed by atoms with E-state index in [0.29, 0.717) is 17.5 Å². The van der Waals surface area contributed by atoms with Crippen LogP contribution in [0.4, 0.5) is 0 Å². The van der Waals surface area contributed by atoms with E-state index in [1.165, 1.54) is 31.2 Å². The van der Waals surface area contributed by atoms with Crippen LogP contribution in [0, 0.1) is 5.41 Å². The van der Waals surface area contributed by atoms with Crippen LogP contribution in [0.25, 0.3) is 0 Å². The molecule has 1 fully saturated rings.